The maximum Gasteiger partial charge on any atom is 0.407 e. The summed E-state index contributed by atoms with van der Waals surface area (Å²) >= 11 is 6.01. The number of benzene rings is 2. The molecule has 27 heavy (non-hydrogen) atoms. The van der Waals surface area contributed by atoms with Crippen LogP contribution in [0.25, 0.3) is 0 Å². The summed E-state index contributed by atoms with van der Waals surface area (Å²) in [4.78, 5) is 25.7. The van der Waals surface area contributed by atoms with Crippen LogP contribution in [0.15, 0.2) is 48.5 Å². The van der Waals surface area contributed by atoms with Gasteiger partial charge in [0.15, 0.2) is 0 Å². The first-order valence-electron chi connectivity index (χ1n) is 8.67. The molecule has 0 fully saturated rings. The highest BCUT2D eigenvalue weighted by atomic mass is 35.5. The van der Waals surface area contributed by atoms with Crippen LogP contribution in [-0.2, 0) is 16.1 Å². The van der Waals surface area contributed by atoms with Crippen molar-refractivity contribution in [3.05, 3.63) is 59.1 Å². The minimum Gasteiger partial charge on any atom is -0.445 e. The van der Waals surface area contributed by atoms with E-state index in [-0.39, 0.29) is 18.9 Å². The first-order chi connectivity index (χ1) is 13.0. The minimum atomic E-state index is -0.496. The molecule has 0 heterocycles. The number of carbonyl (C=O) groups is 2. The molecule has 0 saturated heterocycles. The molecule has 7 heteroatoms. The highest BCUT2D eigenvalue weighted by Gasteiger charge is 2.10. The molecule has 0 unspecified atom stereocenters. The molecule has 2 amide bonds. The fourth-order valence-electron chi connectivity index (χ4n) is 2.42. The Balaban J connectivity index is 1.69. The van der Waals surface area contributed by atoms with Crippen molar-refractivity contribution in [3.63, 3.8) is 0 Å². The van der Waals surface area contributed by atoms with Gasteiger partial charge in [-0.1, -0.05) is 41.9 Å². The van der Waals surface area contributed by atoms with E-state index in [1.807, 2.05) is 55.4 Å². The van der Waals surface area contributed by atoms with E-state index in [2.05, 4.69) is 10.6 Å². The molecule has 2 aromatic carbocycles. The lowest BCUT2D eigenvalue weighted by molar-refractivity contribution is -0.116. The maximum atomic E-state index is 12.1. The quantitative estimate of drug-likeness (QED) is 0.668. The summed E-state index contributed by atoms with van der Waals surface area (Å²) in [5.74, 6) is -0.139. The van der Waals surface area contributed by atoms with Crippen LogP contribution < -0.4 is 15.5 Å². The molecule has 2 N–H and O–H groups in total. The van der Waals surface area contributed by atoms with Gasteiger partial charge in [0, 0.05) is 32.1 Å². The van der Waals surface area contributed by atoms with Gasteiger partial charge in [0.1, 0.15) is 6.61 Å². The fourth-order valence-corrected chi connectivity index (χ4v) is 2.60. The molecule has 2 rings (SSSR count). The Labute approximate surface area is 164 Å². The second-order valence-electron chi connectivity index (χ2n) is 6.20. The standard InChI is InChI=1S/C20H24ClN3O3/c1-24(2)18-11-10-16(21)13-17(18)23-19(25)9-6-12-22-20(26)27-14-15-7-4-3-5-8-15/h3-5,7-8,10-11,13H,6,9,12,14H2,1-2H3,(H,22,26)(H,23,25). The topological polar surface area (TPSA) is 70.7 Å². The Hall–Kier alpha value is -2.73. The van der Waals surface area contributed by atoms with Gasteiger partial charge in [0.05, 0.1) is 11.4 Å². The summed E-state index contributed by atoms with van der Waals surface area (Å²) in [6.07, 6.45) is 0.284. The number of rotatable bonds is 8. The second kappa shape index (κ2) is 10.4. The summed E-state index contributed by atoms with van der Waals surface area (Å²) < 4.78 is 5.12. The Morgan fingerprint density at radius 2 is 1.85 bits per heavy atom. The van der Waals surface area contributed by atoms with Gasteiger partial charge in [-0.3, -0.25) is 4.79 Å². The molecule has 2 aromatic rings. The average Bonchev–Trinajstić information content (AvgIpc) is 2.64. The van der Waals surface area contributed by atoms with E-state index >= 15 is 0 Å². The zero-order valence-corrected chi connectivity index (χ0v) is 16.3. The van der Waals surface area contributed by atoms with Crippen LogP contribution in [-0.4, -0.2) is 32.6 Å². The number of alkyl carbamates (subject to hydrolysis) is 1. The predicted octanol–water partition coefficient (Wildman–Crippen LogP) is 4.05. The SMILES string of the molecule is CN(C)c1ccc(Cl)cc1NC(=O)CCCNC(=O)OCc1ccccc1. The van der Waals surface area contributed by atoms with Gasteiger partial charge in [0.25, 0.3) is 0 Å². The van der Waals surface area contributed by atoms with Gasteiger partial charge in [0.2, 0.25) is 5.91 Å². The van der Waals surface area contributed by atoms with E-state index in [0.29, 0.717) is 23.7 Å². The van der Waals surface area contributed by atoms with Gasteiger partial charge >= 0.3 is 6.09 Å². The van der Waals surface area contributed by atoms with Crippen molar-refractivity contribution < 1.29 is 14.3 Å². The second-order valence-corrected chi connectivity index (χ2v) is 6.63. The molecule has 0 aliphatic carbocycles. The zero-order chi connectivity index (χ0) is 19.6. The van der Waals surface area contributed by atoms with Crippen molar-refractivity contribution >= 4 is 35.0 Å². The molecular formula is C20H24ClN3O3. The maximum absolute atomic E-state index is 12.1. The number of anilines is 2. The normalized spacial score (nSPS) is 10.2. The molecule has 0 bridgehead atoms. The number of amides is 2. The highest BCUT2D eigenvalue weighted by molar-refractivity contribution is 6.31. The van der Waals surface area contributed by atoms with Crippen molar-refractivity contribution in [2.45, 2.75) is 19.4 Å². The van der Waals surface area contributed by atoms with E-state index in [0.717, 1.165) is 11.3 Å². The first-order valence-corrected chi connectivity index (χ1v) is 9.05. The lowest BCUT2D eigenvalue weighted by atomic mass is 10.2. The summed E-state index contributed by atoms with van der Waals surface area (Å²) in [6.45, 7) is 0.576. The van der Waals surface area contributed by atoms with Gasteiger partial charge in [-0.15, -0.1) is 0 Å². The minimum absolute atomic E-state index is 0.139. The Kier molecular flexibility index (Phi) is 7.95. The van der Waals surface area contributed by atoms with E-state index < -0.39 is 6.09 Å². The van der Waals surface area contributed by atoms with Gasteiger partial charge < -0.3 is 20.3 Å². The lowest BCUT2D eigenvalue weighted by Gasteiger charge is -2.18. The van der Waals surface area contributed by atoms with Gasteiger partial charge in [-0.25, -0.2) is 4.79 Å². The third-order valence-electron chi connectivity index (χ3n) is 3.78. The number of ether oxygens (including phenoxy) is 1. The van der Waals surface area contributed by atoms with Crippen LogP contribution in [0, 0.1) is 0 Å². The molecule has 144 valence electrons. The van der Waals surface area contributed by atoms with Crippen molar-refractivity contribution in [2.75, 3.05) is 30.9 Å². The van der Waals surface area contributed by atoms with Crippen LogP contribution in [0.1, 0.15) is 18.4 Å². The van der Waals surface area contributed by atoms with E-state index in [4.69, 9.17) is 16.3 Å². The first kappa shape index (κ1) is 20.6. The number of halogens is 1. The third-order valence-corrected chi connectivity index (χ3v) is 4.01. The molecule has 0 saturated carbocycles. The lowest BCUT2D eigenvalue weighted by Crippen LogP contribution is -2.26. The van der Waals surface area contributed by atoms with E-state index in [1.54, 1.807) is 12.1 Å². The number of hydrogen-bond donors (Lipinski definition) is 2. The number of nitrogens with zero attached hydrogens (tertiary/aromatic N) is 1. The van der Waals surface area contributed by atoms with Crippen LogP contribution in [0.5, 0.6) is 0 Å². The van der Waals surface area contributed by atoms with Gasteiger partial charge in [-0.2, -0.15) is 0 Å². The monoisotopic (exact) mass is 389 g/mol. The number of hydrogen-bond acceptors (Lipinski definition) is 4. The smallest absolute Gasteiger partial charge is 0.407 e. The molecule has 6 nitrogen and oxygen atoms in total. The largest absolute Gasteiger partial charge is 0.445 e. The number of carbonyl (C=O) groups excluding carboxylic acids is 2. The fraction of sp³-hybridized carbons (Fsp3) is 0.300. The van der Waals surface area contributed by atoms with Crippen molar-refractivity contribution in [1.29, 1.82) is 0 Å². The third kappa shape index (κ3) is 7.19. The van der Waals surface area contributed by atoms with Crippen LogP contribution >= 0.6 is 11.6 Å². The average molecular weight is 390 g/mol. The van der Waals surface area contributed by atoms with E-state index in [9.17, 15) is 9.59 Å². The molecular weight excluding hydrogens is 366 g/mol. The molecule has 0 atom stereocenters. The van der Waals surface area contributed by atoms with Gasteiger partial charge in [-0.05, 0) is 30.2 Å². The predicted molar refractivity (Wildman–Crippen MR) is 108 cm³/mol. The van der Waals surface area contributed by atoms with E-state index in [1.165, 1.54) is 0 Å². The Morgan fingerprint density at radius 1 is 1.11 bits per heavy atom. The summed E-state index contributed by atoms with van der Waals surface area (Å²) in [6, 6.07) is 14.8. The summed E-state index contributed by atoms with van der Waals surface area (Å²) in [5.41, 5.74) is 2.45. The van der Waals surface area contributed by atoms with Crippen molar-refractivity contribution in [3.8, 4) is 0 Å². The molecule has 0 aromatic heterocycles. The molecule has 0 aliphatic rings. The van der Waals surface area contributed by atoms with Crippen molar-refractivity contribution in [2.24, 2.45) is 0 Å². The summed E-state index contributed by atoms with van der Waals surface area (Å²) in [5, 5.41) is 6.05. The molecule has 0 spiro atoms. The highest BCUT2D eigenvalue weighted by Crippen LogP contribution is 2.27. The van der Waals surface area contributed by atoms with Crippen molar-refractivity contribution in [1.82, 2.24) is 5.32 Å². The molecule has 0 radical (unpaired) electrons. The van der Waals surface area contributed by atoms with Crippen LogP contribution in [0.4, 0.5) is 16.2 Å². The number of nitrogens with one attached hydrogen (secondary N) is 2. The zero-order valence-electron chi connectivity index (χ0n) is 15.5. The van der Waals surface area contributed by atoms with Crippen LogP contribution in [0.2, 0.25) is 5.02 Å². The molecule has 0 aliphatic heterocycles. The summed E-state index contributed by atoms with van der Waals surface area (Å²) in [7, 11) is 3.79. The Morgan fingerprint density at radius 3 is 2.56 bits per heavy atom. The Bertz CT molecular complexity index is 766. The van der Waals surface area contributed by atoms with Crippen LogP contribution in [0.3, 0.4) is 0 Å².